The molecular weight excluding hydrogens is 382 g/mol. The zero-order valence-corrected chi connectivity index (χ0v) is 15.5. The van der Waals surface area contributed by atoms with Crippen LogP contribution in [-0.2, 0) is 13.6 Å². The third-order valence-corrected chi connectivity index (χ3v) is 4.57. The van der Waals surface area contributed by atoms with Gasteiger partial charge in [0.2, 0.25) is 0 Å². The highest BCUT2D eigenvalue weighted by Gasteiger charge is 2.20. The molecule has 0 bridgehead atoms. The number of aromatic nitrogens is 8. The molecule has 10 heteroatoms. The van der Waals surface area contributed by atoms with Gasteiger partial charge in [0.05, 0.1) is 18.5 Å². The molecule has 0 fully saturated rings. The summed E-state index contributed by atoms with van der Waals surface area (Å²) >= 11 is 0. The van der Waals surface area contributed by atoms with Crippen molar-refractivity contribution >= 4 is 17.0 Å². The molecule has 0 saturated carbocycles. The molecule has 1 aromatic carbocycles. The molecule has 0 atom stereocenters. The van der Waals surface area contributed by atoms with Crippen LogP contribution in [0.4, 0.5) is 5.82 Å². The highest BCUT2D eigenvalue weighted by molar-refractivity contribution is 5.83. The van der Waals surface area contributed by atoms with Crippen LogP contribution in [0.25, 0.3) is 39.8 Å². The quantitative estimate of drug-likeness (QED) is 0.464. The summed E-state index contributed by atoms with van der Waals surface area (Å²) in [4.78, 5) is 18.5. The summed E-state index contributed by atoms with van der Waals surface area (Å²) in [6.45, 7) is -2.58. The van der Waals surface area contributed by atoms with E-state index in [1.54, 1.807) is 28.8 Å². The zero-order valence-electron chi connectivity index (χ0n) is 18.5. The molecule has 4 heterocycles. The molecule has 0 saturated heterocycles. The molecule has 5 aromatic rings. The number of aliphatic hydroxyl groups is 1. The van der Waals surface area contributed by atoms with Crippen molar-refractivity contribution in [3.8, 4) is 28.6 Å². The Kier molecular flexibility index (Phi) is 3.45. The Balaban J connectivity index is 1.74. The van der Waals surface area contributed by atoms with Crippen molar-refractivity contribution in [3.63, 3.8) is 0 Å². The first-order valence-corrected chi connectivity index (χ1v) is 8.95. The molecule has 0 unspecified atom stereocenters. The van der Waals surface area contributed by atoms with Gasteiger partial charge >= 0.3 is 0 Å². The van der Waals surface area contributed by atoms with E-state index in [0.717, 1.165) is 5.56 Å². The molecule has 0 amide bonds. The number of rotatable bonds is 4. The van der Waals surface area contributed by atoms with Gasteiger partial charge < -0.3 is 10.8 Å². The van der Waals surface area contributed by atoms with Gasteiger partial charge in [-0.3, -0.25) is 4.57 Å². The molecule has 3 N–H and O–H groups in total. The summed E-state index contributed by atoms with van der Waals surface area (Å²) in [7, 11) is 0. The number of hydrogen-bond donors (Lipinski definition) is 2. The predicted molar refractivity (Wildman–Crippen MR) is 110 cm³/mol. The minimum atomic E-state index is -2.49. The fourth-order valence-corrected chi connectivity index (χ4v) is 3.16. The van der Waals surface area contributed by atoms with E-state index in [4.69, 9.17) is 14.8 Å². The number of nitrogen functional groups attached to an aromatic ring is 1. The molecule has 0 spiro atoms. The molecule has 4 aromatic heterocycles. The number of imidazole rings is 1. The minimum Gasteiger partial charge on any atom is -0.392 e. The van der Waals surface area contributed by atoms with Gasteiger partial charge in [-0.05, 0) is 29.8 Å². The first-order valence-electron chi connectivity index (χ1n) is 10.4. The Morgan fingerprint density at radius 1 is 1.03 bits per heavy atom. The van der Waals surface area contributed by atoms with Gasteiger partial charge in [-0.2, -0.15) is 15.0 Å². The maximum absolute atomic E-state index is 9.40. The van der Waals surface area contributed by atoms with Crippen LogP contribution < -0.4 is 5.73 Å². The van der Waals surface area contributed by atoms with E-state index in [2.05, 4.69) is 25.1 Å². The average molecular weight is 402 g/mol. The third-order valence-electron chi connectivity index (χ3n) is 4.57. The van der Waals surface area contributed by atoms with Gasteiger partial charge in [0.25, 0.3) is 0 Å². The van der Waals surface area contributed by atoms with Crippen LogP contribution in [-0.4, -0.2) is 44.6 Å². The van der Waals surface area contributed by atoms with Gasteiger partial charge in [0, 0.05) is 29.2 Å². The number of aliphatic hydroxyl groups excluding tert-OH is 1. The first kappa shape index (κ1) is 14.8. The largest absolute Gasteiger partial charge is 0.392 e. The van der Waals surface area contributed by atoms with Crippen LogP contribution in [0.15, 0.2) is 55.0 Å². The number of aryl methyl sites for hydroxylation is 1. The molecule has 148 valence electrons. The normalized spacial score (nSPS) is 13.2. The van der Waals surface area contributed by atoms with Crippen LogP contribution in [0.1, 0.15) is 9.68 Å². The van der Waals surface area contributed by atoms with Crippen LogP contribution in [0.2, 0.25) is 0 Å². The summed E-state index contributed by atoms with van der Waals surface area (Å²) in [5.74, 6) is 0.644. The Bertz CT molecular complexity index is 1460. The van der Waals surface area contributed by atoms with Crippen molar-refractivity contribution < 1.29 is 9.22 Å². The van der Waals surface area contributed by atoms with Gasteiger partial charge in [-0.25, -0.2) is 19.9 Å². The van der Waals surface area contributed by atoms with Gasteiger partial charge in [0.15, 0.2) is 17.3 Å². The number of pyridine rings is 1. The molecule has 30 heavy (non-hydrogen) atoms. The maximum Gasteiger partial charge on any atom is 0.169 e. The SMILES string of the molecule is [2H]C([2H])([2H])n1ncc(-c2ccc3nc(-c4nccnc4N)n(-c4ccc(CO)cc4)c3n2)n1. The summed E-state index contributed by atoms with van der Waals surface area (Å²) in [5, 5.41) is 17.3. The van der Waals surface area contributed by atoms with E-state index in [-0.39, 0.29) is 12.4 Å². The van der Waals surface area contributed by atoms with Gasteiger partial charge in [-0.1, -0.05) is 12.1 Å². The van der Waals surface area contributed by atoms with Crippen LogP contribution in [0.3, 0.4) is 0 Å². The topological polar surface area (TPSA) is 133 Å². The van der Waals surface area contributed by atoms with Crippen LogP contribution in [0, 0.1) is 0 Å². The summed E-state index contributed by atoms with van der Waals surface area (Å²) in [5.41, 5.74) is 9.69. The van der Waals surface area contributed by atoms with E-state index in [9.17, 15) is 5.11 Å². The number of anilines is 1. The lowest BCUT2D eigenvalue weighted by Crippen LogP contribution is -2.04. The van der Waals surface area contributed by atoms with Crippen molar-refractivity contribution in [2.45, 2.75) is 6.61 Å². The lowest BCUT2D eigenvalue weighted by atomic mass is 10.2. The first-order chi connectivity index (χ1) is 15.8. The fourth-order valence-electron chi connectivity index (χ4n) is 3.16. The number of fused-ring (bicyclic) bond motifs is 1. The van der Waals surface area contributed by atoms with Crippen LogP contribution >= 0.6 is 0 Å². The zero-order chi connectivity index (χ0) is 23.2. The molecule has 0 radical (unpaired) electrons. The number of nitrogens with zero attached hydrogens (tertiary/aromatic N) is 8. The third kappa shape index (κ3) is 2.95. The Hall–Kier alpha value is -4.18. The number of benzene rings is 1. The Morgan fingerprint density at radius 2 is 1.87 bits per heavy atom. The van der Waals surface area contributed by atoms with Crippen molar-refractivity contribution in [1.82, 2.24) is 39.5 Å². The van der Waals surface area contributed by atoms with Crippen molar-refractivity contribution in [2.75, 3.05) is 5.73 Å². The lowest BCUT2D eigenvalue weighted by molar-refractivity contribution is 0.282. The second-order valence-electron chi connectivity index (χ2n) is 6.44. The second kappa shape index (κ2) is 7.01. The van der Waals surface area contributed by atoms with Crippen LogP contribution in [0.5, 0.6) is 0 Å². The van der Waals surface area contributed by atoms with E-state index in [1.165, 1.54) is 18.6 Å². The fraction of sp³-hybridized carbons (Fsp3) is 0.100. The minimum absolute atomic E-state index is 0.0868. The molecule has 0 aliphatic carbocycles. The smallest absolute Gasteiger partial charge is 0.169 e. The predicted octanol–water partition coefficient (Wildman–Crippen LogP) is 1.75. The number of nitrogens with two attached hydrogens (primary N) is 1. The summed E-state index contributed by atoms with van der Waals surface area (Å²) in [6, 6.07) is 10.7. The number of hydrogen-bond acceptors (Lipinski definition) is 8. The molecule has 0 aliphatic heterocycles. The van der Waals surface area contributed by atoms with Gasteiger partial charge in [-0.15, -0.1) is 0 Å². The highest BCUT2D eigenvalue weighted by Crippen LogP contribution is 2.30. The van der Waals surface area contributed by atoms with Crippen molar-refractivity contribution in [3.05, 3.63) is 60.6 Å². The van der Waals surface area contributed by atoms with E-state index < -0.39 is 6.98 Å². The monoisotopic (exact) mass is 402 g/mol. The van der Waals surface area contributed by atoms with Gasteiger partial charge in [0.1, 0.15) is 16.9 Å². The molecule has 10 nitrogen and oxygen atoms in total. The lowest BCUT2D eigenvalue weighted by Gasteiger charge is -2.10. The standard InChI is InChI=1S/C20H17N9O/c1-28-24-10-16(27-28)14-6-7-15-19(25-14)29(13-4-2-12(11-30)3-5-13)20(26-15)17-18(21)23-9-8-22-17/h2-10,30H,11H2,1H3,(H2,21,23)/i1D3. The summed E-state index contributed by atoms with van der Waals surface area (Å²) in [6.07, 6.45) is 4.36. The van der Waals surface area contributed by atoms with E-state index in [0.29, 0.717) is 44.6 Å². The van der Waals surface area contributed by atoms with E-state index >= 15 is 0 Å². The molecular formula is C20H17N9O. The maximum atomic E-state index is 9.40. The molecule has 0 aliphatic rings. The second-order valence-corrected chi connectivity index (χ2v) is 6.44. The Labute approximate surface area is 174 Å². The van der Waals surface area contributed by atoms with Crippen molar-refractivity contribution in [2.24, 2.45) is 6.98 Å². The van der Waals surface area contributed by atoms with Crippen molar-refractivity contribution in [1.29, 1.82) is 0 Å². The highest BCUT2D eigenvalue weighted by atomic mass is 16.3. The average Bonchev–Trinajstić information content (AvgIpc) is 3.44. The van der Waals surface area contributed by atoms with E-state index in [1.807, 2.05) is 12.1 Å². The molecule has 5 rings (SSSR count). The Morgan fingerprint density at radius 3 is 2.60 bits per heavy atom. The summed E-state index contributed by atoms with van der Waals surface area (Å²) < 4.78 is 24.2.